The predicted octanol–water partition coefficient (Wildman–Crippen LogP) is 2.27. The summed E-state index contributed by atoms with van der Waals surface area (Å²) in [6.07, 6.45) is 6.02. The van der Waals surface area contributed by atoms with Crippen molar-refractivity contribution >= 4 is 27.7 Å². The quantitative estimate of drug-likeness (QED) is 0.870. The van der Waals surface area contributed by atoms with Crippen LogP contribution in [0.15, 0.2) is 22.8 Å². The van der Waals surface area contributed by atoms with Gasteiger partial charge in [0.2, 0.25) is 5.91 Å². The van der Waals surface area contributed by atoms with Crippen molar-refractivity contribution in [1.29, 1.82) is 0 Å². The van der Waals surface area contributed by atoms with Crippen molar-refractivity contribution in [3.05, 3.63) is 22.8 Å². The Labute approximate surface area is 146 Å². The molecule has 0 bridgehead atoms. The first-order valence-corrected chi connectivity index (χ1v) is 9.36. The third-order valence-corrected chi connectivity index (χ3v) is 5.36. The van der Waals surface area contributed by atoms with Crippen molar-refractivity contribution in [1.82, 2.24) is 15.2 Å². The number of pyridine rings is 1. The van der Waals surface area contributed by atoms with E-state index in [0.29, 0.717) is 12.3 Å². The number of amides is 1. The number of carbonyl (C=O) groups excluding carboxylic acids is 1. The third-order valence-electron chi connectivity index (χ3n) is 4.89. The number of nitrogens with one attached hydrogen (secondary N) is 1. The van der Waals surface area contributed by atoms with Gasteiger partial charge in [0.05, 0.1) is 0 Å². The molecule has 0 spiro atoms. The van der Waals surface area contributed by atoms with Gasteiger partial charge in [0, 0.05) is 43.3 Å². The molecule has 0 aromatic carbocycles. The maximum atomic E-state index is 12.4. The lowest BCUT2D eigenvalue weighted by Crippen LogP contribution is -2.49. The van der Waals surface area contributed by atoms with Crippen LogP contribution >= 0.6 is 15.9 Å². The highest BCUT2D eigenvalue weighted by Gasteiger charge is 2.23. The molecule has 0 saturated carbocycles. The second kappa shape index (κ2) is 8.11. The molecule has 1 aromatic heterocycles. The zero-order valence-corrected chi connectivity index (χ0v) is 15.1. The van der Waals surface area contributed by atoms with Crippen molar-refractivity contribution in [2.24, 2.45) is 5.92 Å². The van der Waals surface area contributed by atoms with Crippen molar-refractivity contribution < 1.29 is 4.79 Å². The maximum Gasteiger partial charge on any atom is 0.222 e. The van der Waals surface area contributed by atoms with Gasteiger partial charge < -0.3 is 15.1 Å². The molecule has 3 rings (SSSR count). The van der Waals surface area contributed by atoms with Crippen LogP contribution in [0.4, 0.5) is 5.82 Å². The largest absolute Gasteiger partial charge is 0.353 e. The van der Waals surface area contributed by atoms with Gasteiger partial charge in [-0.25, -0.2) is 4.98 Å². The first kappa shape index (κ1) is 16.7. The van der Waals surface area contributed by atoms with Crippen LogP contribution in [0.5, 0.6) is 0 Å². The molecule has 2 fully saturated rings. The van der Waals surface area contributed by atoms with Gasteiger partial charge in [-0.15, -0.1) is 0 Å². The van der Waals surface area contributed by atoms with Crippen LogP contribution in [0.1, 0.15) is 25.7 Å². The fourth-order valence-corrected chi connectivity index (χ4v) is 3.63. The SMILES string of the molecule is O=C(CCC1CCNCC1)N1CCN(c2ccc(Br)cn2)CC1. The van der Waals surface area contributed by atoms with E-state index in [2.05, 4.69) is 31.1 Å². The molecule has 1 aromatic rings. The zero-order valence-electron chi connectivity index (χ0n) is 13.5. The summed E-state index contributed by atoms with van der Waals surface area (Å²) in [5, 5.41) is 3.38. The molecule has 0 radical (unpaired) electrons. The van der Waals surface area contributed by atoms with Gasteiger partial charge in [0.25, 0.3) is 0 Å². The smallest absolute Gasteiger partial charge is 0.222 e. The normalized spacial score (nSPS) is 19.9. The van der Waals surface area contributed by atoms with Crippen LogP contribution in [0.25, 0.3) is 0 Å². The number of halogens is 1. The van der Waals surface area contributed by atoms with Crippen molar-refractivity contribution in [3.63, 3.8) is 0 Å². The number of hydrogen-bond acceptors (Lipinski definition) is 4. The maximum absolute atomic E-state index is 12.4. The van der Waals surface area contributed by atoms with E-state index >= 15 is 0 Å². The van der Waals surface area contributed by atoms with Crippen LogP contribution < -0.4 is 10.2 Å². The van der Waals surface area contributed by atoms with E-state index in [-0.39, 0.29) is 0 Å². The van der Waals surface area contributed by atoms with E-state index in [4.69, 9.17) is 0 Å². The van der Waals surface area contributed by atoms with E-state index in [1.807, 2.05) is 23.2 Å². The van der Waals surface area contributed by atoms with Gasteiger partial charge in [-0.1, -0.05) is 0 Å². The summed E-state index contributed by atoms with van der Waals surface area (Å²) >= 11 is 3.41. The molecule has 23 heavy (non-hydrogen) atoms. The molecule has 6 heteroatoms. The molecular formula is C17H25BrN4O. The molecule has 0 unspecified atom stereocenters. The molecule has 5 nitrogen and oxygen atoms in total. The Morgan fingerprint density at radius 3 is 2.61 bits per heavy atom. The summed E-state index contributed by atoms with van der Waals surface area (Å²) in [5.41, 5.74) is 0. The molecule has 1 N–H and O–H groups in total. The first-order valence-electron chi connectivity index (χ1n) is 8.57. The fraction of sp³-hybridized carbons (Fsp3) is 0.647. The van der Waals surface area contributed by atoms with E-state index < -0.39 is 0 Å². The Morgan fingerprint density at radius 2 is 1.96 bits per heavy atom. The Hall–Kier alpha value is -1.14. The first-order chi connectivity index (χ1) is 11.2. The standard InChI is InChI=1S/C17H25BrN4O/c18-15-2-3-16(20-13-15)21-9-11-22(12-10-21)17(23)4-1-14-5-7-19-8-6-14/h2-3,13-14,19H,1,4-12H2. The zero-order chi connectivity index (χ0) is 16.1. The Morgan fingerprint density at radius 1 is 1.22 bits per heavy atom. The third kappa shape index (κ3) is 4.67. The average molecular weight is 381 g/mol. The number of piperidine rings is 1. The molecular weight excluding hydrogens is 356 g/mol. The summed E-state index contributed by atoms with van der Waals surface area (Å²) in [6.45, 7) is 5.57. The van der Waals surface area contributed by atoms with Crippen LogP contribution in [-0.4, -0.2) is 55.1 Å². The van der Waals surface area contributed by atoms with E-state index in [0.717, 1.165) is 61.9 Å². The molecule has 1 amide bonds. The van der Waals surface area contributed by atoms with Crippen LogP contribution in [0.2, 0.25) is 0 Å². The van der Waals surface area contributed by atoms with Crippen molar-refractivity contribution in [3.8, 4) is 0 Å². The van der Waals surface area contributed by atoms with Gasteiger partial charge >= 0.3 is 0 Å². The van der Waals surface area contributed by atoms with Gasteiger partial charge in [-0.2, -0.15) is 0 Å². The summed E-state index contributed by atoms with van der Waals surface area (Å²) < 4.78 is 0.993. The molecule has 2 saturated heterocycles. The minimum atomic E-state index is 0.326. The summed E-state index contributed by atoms with van der Waals surface area (Å²) in [6, 6.07) is 4.04. The Balaban J connectivity index is 1.42. The second-order valence-corrected chi connectivity index (χ2v) is 7.35. The minimum Gasteiger partial charge on any atom is -0.353 e. The molecule has 0 aliphatic carbocycles. The van der Waals surface area contributed by atoms with Gasteiger partial charge in [-0.05, 0) is 66.3 Å². The topological polar surface area (TPSA) is 48.5 Å². The van der Waals surface area contributed by atoms with Crippen LogP contribution in [-0.2, 0) is 4.79 Å². The lowest BCUT2D eigenvalue weighted by Gasteiger charge is -2.35. The minimum absolute atomic E-state index is 0.326. The number of rotatable bonds is 4. The summed E-state index contributed by atoms with van der Waals surface area (Å²) in [7, 11) is 0. The second-order valence-electron chi connectivity index (χ2n) is 6.43. The molecule has 3 heterocycles. The number of anilines is 1. The van der Waals surface area contributed by atoms with Crippen molar-refractivity contribution in [2.45, 2.75) is 25.7 Å². The Kier molecular flexibility index (Phi) is 5.89. The highest BCUT2D eigenvalue weighted by atomic mass is 79.9. The number of nitrogens with zero attached hydrogens (tertiary/aromatic N) is 3. The number of carbonyl (C=O) groups is 1. The predicted molar refractivity (Wildman–Crippen MR) is 95.6 cm³/mol. The van der Waals surface area contributed by atoms with Gasteiger partial charge in [0.15, 0.2) is 0 Å². The van der Waals surface area contributed by atoms with Gasteiger partial charge in [0.1, 0.15) is 5.82 Å². The monoisotopic (exact) mass is 380 g/mol. The highest BCUT2D eigenvalue weighted by molar-refractivity contribution is 9.10. The van der Waals surface area contributed by atoms with E-state index in [1.54, 1.807) is 0 Å². The fourth-order valence-electron chi connectivity index (χ4n) is 3.40. The summed E-state index contributed by atoms with van der Waals surface area (Å²) in [5.74, 6) is 2.05. The molecule has 2 aliphatic heterocycles. The van der Waals surface area contributed by atoms with E-state index in [9.17, 15) is 4.79 Å². The number of aromatic nitrogens is 1. The highest BCUT2D eigenvalue weighted by Crippen LogP contribution is 2.20. The van der Waals surface area contributed by atoms with E-state index in [1.165, 1.54) is 12.8 Å². The lowest BCUT2D eigenvalue weighted by molar-refractivity contribution is -0.131. The van der Waals surface area contributed by atoms with Crippen molar-refractivity contribution in [2.75, 3.05) is 44.2 Å². The lowest BCUT2D eigenvalue weighted by atomic mass is 9.93. The van der Waals surface area contributed by atoms with Crippen LogP contribution in [0, 0.1) is 5.92 Å². The number of hydrogen-bond donors (Lipinski definition) is 1. The average Bonchev–Trinajstić information content (AvgIpc) is 2.61. The van der Waals surface area contributed by atoms with Gasteiger partial charge in [-0.3, -0.25) is 4.79 Å². The molecule has 2 aliphatic rings. The summed E-state index contributed by atoms with van der Waals surface area (Å²) in [4.78, 5) is 21.1. The number of piperazine rings is 1. The molecule has 126 valence electrons. The Bertz CT molecular complexity index is 508. The van der Waals surface area contributed by atoms with Crippen LogP contribution in [0.3, 0.4) is 0 Å². The molecule has 0 atom stereocenters.